The Bertz CT molecular complexity index is 838. The van der Waals surface area contributed by atoms with Gasteiger partial charge < -0.3 is 21.3 Å². The van der Waals surface area contributed by atoms with Crippen molar-refractivity contribution in [1.29, 1.82) is 0 Å². The first-order valence-corrected chi connectivity index (χ1v) is 11.8. The van der Waals surface area contributed by atoms with E-state index in [-0.39, 0.29) is 12.1 Å². The number of hydrogen-bond donors (Lipinski definition) is 4. The van der Waals surface area contributed by atoms with Gasteiger partial charge in [0.05, 0.1) is 0 Å². The van der Waals surface area contributed by atoms with Gasteiger partial charge in [0.15, 0.2) is 0 Å². The van der Waals surface area contributed by atoms with Gasteiger partial charge in [0, 0.05) is 36.2 Å². The number of carbonyl (C=O) groups excluding carboxylic acids is 2. The fourth-order valence-corrected chi connectivity index (χ4v) is 4.41. The fourth-order valence-electron chi connectivity index (χ4n) is 4.01. The number of halogens is 2. The highest BCUT2D eigenvalue weighted by Crippen LogP contribution is 2.28. The lowest BCUT2D eigenvalue weighted by molar-refractivity contribution is 0.221. The smallest absolute Gasteiger partial charge is 0.315 e. The molecule has 0 aromatic heterocycles. The zero-order valence-electron chi connectivity index (χ0n) is 18.0. The molecule has 4 amide bonds. The summed E-state index contributed by atoms with van der Waals surface area (Å²) in [6.45, 7) is 2.05. The standard InChI is InChI=1S/C24H30Cl2N4O2/c25-21-10-3-1-8-19(21)15-29-23(31)27-13-17-6-5-7-18(12-17)14-28-24(32)30-16-20-9-2-4-11-22(20)26/h1-4,8-11,17-18H,5-7,12-16H2,(H2,27,29,31)(H2,28,30,32)/t17-,18-/m1/s1. The average molecular weight is 477 g/mol. The molecule has 2 aromatic rings. The van der Waals surface area contributed by atoms with Crippen molar-refractivity contribution >= 4 is 35.3 Å². The maximum absolute atomic E-state index is 12.1. The molecule has 0 radical (unpaired) electrons. The quantitative estimate of drug-likeness (QED) is 0.427. The lowest BCUT2D eigenvalue weighted by atomic mass is 9.81. The first-order valence-electron chi connectivity index (χ1n) is 11.0. The van der Waals surface area contributed by atoms with Gasteiger partial charge in [0.2, 0.25) is 0 Å². The molecule has 0 saturated heterocycles. The van der Waals surface area contributed by atoms with Crippen molar-refractivity contribution in [3.8, 4) is 0 Å². The van der Waals surface area contributed by atoms with Crippen molar-refractivity contribution in [3.63, 3.8) is 0 Å². The van der Waals surface area contributed by atoms with E-state index in [9.17, 15) is 9.59 Å². The normalized spacial score (nSPS) is 17.9. The summed E-state index contributed by atoms with van der Waals surface area (Å²) < 4.78 is 0. The molecule has 6 nitrogen and oxygen atoms in total. The van der Waals surface area contributed by atoms with Crippen molar-refractivity contribution in [2.24, 2.45) is 11.8 Å². The van der Waals surface area contributed by atoms with Crippen LogP contribution in [0.4, 0.5) is 9.59 Å². The Labute approximate surface area is 199 Å². The van der Waals surface area contributed by atoms with Gasteiger partial charge in [0.25, 0.3) is 0 Å². The first-order chi connectivity index (χ1) is 15.5. The summed E-state index contributed by atoms with van der Waals surface area (Å²) in [5.41, 5.74) is 1.78. The van der Waals surface area contributed by atoms with E-state index >= 15 is 0 Å². The number of urea groups is 2. The minimum absolute atomic E-state index is 0.191. The topological polar surface area (TPSA) is 82.3 Å². The molecular weight excluding hydrogens is 447 g/mol. The van der Waals surface area contributed by atoms with Crippen molar-refractivity contribution in [1.82, 2.24) is 21.3 Å². The van der Waals surface area contributed by atoms with Gasteiger partial charge in [-0.25, -0.2) is 9.59 Å². The number of amides is 4. The van der Waals surface area contributed by atoms with Crippen molar-refractivity contribution in [2.75, 3.05) is 13.1 Å². The number of rotatable bonds is 8. The Balaban J connectivity index is 1.32. The molecule has 4 N–H and O–H groups in total. The van der Waals surface area contributed by atoms with E-state index in [0.717, 1.165) is 36.8 Å². The van der Waals surface area contributed by atoms with E-state index < -0.39 is 0 Å². The van der Waals surface area contributed by atoms with Gasteiger partial charge in [-0.15, -0.1) is 0 Å². The zero-order chi connectivity index (χ0) is 22.8. The number of hydrogen-bond acceptors (Lipinski definition) is 2. The van der Waals surface area contributed by atoms with Gasteiger partial charge in [-0.05, 0) is 54.4 Å². The molecule has 1 aliphatic rings. The van der Waals surface area contributed by atoms with Gasteiger partial charge in [-0.1, -0.05) is 66.0 Å². The summed E-state index contributed by atoms with van der Waals surface area (Å²) >= 11 is 12.2. The van der Waals surface area contributed by atoms with Crippen LogP contribution in [0.5, 0.6) is 0 Å². The second-order valence-electron chi connectivity index (χ2n) is 8.21. The number of benzene rings is 2. The van der Waals surface area contributed by atoms with Crippen molar-refractivity contribution in [3.05, 3.63) is 69.7 Å². The molecule has 8 heteroatoms. The van der Waals surface area contributed by atoms with E-state index in [1.54, 1.807) is 0 Å². The van der Waals surface area contributed by atoms with Crippen LogP contribution < -0.4 is 21.3 Å². The minimum Gasteiger partial charge on any atom is -0.338 e. The molecule has 0 bridgehead atoms. The summed E-state index contributed by atoms with van der Waals surface area (Å²) in [7, 11) is 0. The van der Waals surface area contributed by atoms with Crippen LogP contribution in [-0.2, 0) is 13.1 Å². The number of nitrogens with one attached hydrogen (secondary N) is 4. The molecule has 172 valence electrons. The van der Waals surface area contributed by atoms with Crippen LogP contribution in [0.1, 0.15) is 36.8 Å². The monoisotopic (exact) mass is 476 g/mol. The summed E-state index contributed by atoms with van der Waals surface area (Å²) in [6, 6.07) is 14.5. The molecular formula is C24H30Cl2N4O2. The van der Waals surface area contributed by atoms with Gasteiger partial charge in [-0.3, -0.25) is 0 Å². The minimum atomic E-state index is -0.191. The fraction of sp³-hybridized carbons (Fsp3) is 0.417. The molecule has 2 atom stereocenters. The van der Waals surface area contributed by atoms with Crippen molar-refractivity contribution in [2.45, 2.75) is 38.8 Å². The Morgan fingerprint density at radius 2 is 1.16 bits per heavy atom. The third-order valence-electron chi connectivity index (χ3n) is 5.79. The van der Waals surface area contributed by atoms with Crippen LogP contribution in [-0.4, -0.2) is 25.2 Å². The largest absolute Gasteiger partial charge is 0.338 e. The van der Waals surface area contributed by atoms with Crippen LogP contribution in [0.2, 0.25) is 10.0 Å². The van der Waals surface area contributed by atoms with Gasteiger partial charge in [0.1, 0.15) is 0 Å². The van der Waals surface area contributed by atoms with Crippen LogP contribution in [0, 0.1) is 11.8 Å². The molecule has 0 unspecified atom stereocenters. The molecule has 1 fully saturated rings. The maximum Gasteiger partial charge on any atom is 0.315 e. The third kappa shape index (κ3) is 7.92. The lowest BCUT2D eigenvalue weighted by Crippen LogP contribution is -2.41. The first kappa shape index (κ1) is 24.2. The van der Waals surface area contributed by atoms with E-state index in [0.29, 0.717) is 48.1 Å². The highest BCUT2D eigenvalue weighted by Gasteiger charge is 2.22. The summed E-state index contributed by atoms with van der Waals surface area (Å²) in [6.07, 6.45) is 4.25. The van der Waals surface area contributed by atoms with Crippen LogP contribution in [0.3, 0.4) is 0 Å². The second-order valence-corrected chi connectivity index (χ2v) is 9.02. The van der Waals surface area contributed by atoms with Crippen LogP contribution >= 0.6 is 23.2 Å². The zero-order valence-corrected chi connectivity index (χ0v) is 19.5. The molecule has 1 saturated carbocycles. The molecule has 3 rings (SSSR count). The van der Waals surface area contributed by atoms with Gasteiger partial charge >= 0.3 is 12.1 Å². The molecule has 32 heavy (non-hydrogen) atoms. The highest BCUT2D eigenvalue weighted by molar-refractivity contribution is 6.31. The Morgan fingerprint density at radius 3 is 1.59 bits per heavy atom. The molecule has 1 aliphatic carbocycles. The van der Waals surface area contributed by atoms with E-state index in [1.807, 2.05) is 48.5 Å². The summed E-state index contributed by atoms with van der Waals surface area (Å²) in [5, 5.41) is 12.9. The molecule has 2 aromatic carbocycles. The maximum atomic E-state index is 12.1. The SMILES string of the molecule is O=C(NCc1ccccc1Cl)NC[C@@H]1CCC[C@@H](CNC(=O)NCc2ccccc2Cl)C1. The Hall–Kier alpha value is -2.44. The Morgan fingerprint density at radius 1 is 0.719 bits per heavy atom. The highest BCUT2D eigenvalue weighted by atomic mass is 35.5. The van der Waals surface area contributed by atoms with Crippen molar-refractivity contribution < 1.29 is 9.59 Å². The second kappa shape index (κ2) is 12.6. The van der Waals surface area contributed by atoms with E-state index in [1.165, 1.54) is 0 Å². The Kier molecular flexibility index (Phi) is 9.50. The molecule has 0 spiro atoms. The molecule has 0 heterocycles. The van der Waals surface area contributed by atoms with E-state index in [2.05, 4.69) is 21.3 Å². The predicted molar refractivity (Wildman–Crippen MR) is 129 cm³/mol. The lowest BCUT2D eigenvalue weighted by Gasteiger charge is -2.29. The van der Waals surface area contributed by atoms with Crippen LogP contribution in [0.15, 0.2) is 48.5 Å². The predicted octanol–water partition coefficient (Wildman–Crippen LogP) is 5.10. The third-order valence-corrected chi connectivity index (χ3v) is 6.53. The van der Waals surface area contributed by atoms with Gasteiger partial charge in [-0.2, -0.15) is 0 Å². The average Bonchev–Trinajstić information content (AvgIpc) is 2.80. The van der Waals surface area contributed by atoms with E-state index in [4.69, 9.17) is 23.2 Å². The summed E-state index contributed by atoms with van der Waals surface area (Å²) in [4.78, 5) is 24.3. The number of carbonyl (C=O) groups is 2. The summed E-state index contributed by atoms with van der Waals surface area (Å²) in [5.74, 6) is 0.820. The molecule has 0 aliphatic heterocycles. The van der Waals surface area contributed by atoms with Crippen LogP contribution in [0.25, 0.3) is 0 Å².